The van der Waals surface area contributed by atoms with Crippen LogP contribution in [0.25, 0.3) is 4.96 Å². The average molecular weight is 258 g/mol. The number of fused-ring (bicyclic) bond motifs is 1. The molecule has 3 rings (SSSR count). The van der Waals surface area contributed by atoms with Crippen molar-refractivity contribution in [2.24, 2.45) is 0 Å². The number of aromatic nitrogens is 3. The van der Waals surface area contributed by atoms with Crippen molar-refractivity contribution in [3.63, 3.8) is 0 Å². The van der Waals surface area contributed by atoms with Crippen LogP contribution in [-0.2, 0) is 6.54 Å². The molecule has 18 heavy (non-hydrogen) atoms. The van der Waals surface area contributed by atoms with Gasteiger partial charge in [0.1, 0.15) is 0 Å². The summed E-state index contributed by atoms with van der Waals surface area (Å²) in [5.41, 5.74) is 4.56. The number of hydrogen-bond donors (Lipinski definition) is 1. The lowest BCUT2D eigenvalue weighted by atomic mass is 10.2. The van der Waals surface area contributed by atoms with Gasteiger partial charge in [0, 0.05) is 17.8 Å². The third-order valence-corrected chi connectivity index (χ3v) is 3.80. The molecule has 0 atom stereocenters. The molecular formula is C13H14N4S. The van der Waals surface area contributed by atoms with Crippen molar-refractivity contribution in [2.45, 2.75) is 20.4 Å². The van der Waals surface area contributed by atoms with Crippen molar-refractivity contribution in [2.75, 3.05) is 5.32 Å². The maximum Gasteiger partial charge on any atom is 0.194 e. The van der Waals surface area contributed by atoms with Gasteiger partial charge in [0.15, 0.2) is 4.96 Å². The number of anilines is 1. The summed E-state index contributed by atoms with van der Waals surface area (Å²) in [5, 5.41) is 5.48. The summed E-state index contributed by atoms with van der Waals surface area (Å²) in [6.45, 7) is 4.89. The Labute approximate surface area is 109 Å². The van der Waals surface area contributed by atoms with Gasteiger partial charge in [-0.3, -0.25) is 9.38 Å². The highest BCUT2D eigenvalue weighted by molar-refractivity contribution is 7.15. The van der Waals surface area contributed by atoms with Gasteiger partial charge >= 0.3 is 0 Å². The highest BCUT2D eigenvalue weighted by Gasteiger charge is 2.09. The van der Waals surface area contributed by atoms with E-state index in [0.29, 0.717) is 0 Å². The zero-order chi connectivity index (χ0) is 12.5. The van der Waals surface area contributed by atoms with Gasteiger partial charge in [-0.1, -0.05) is 0 Å². The largest absolute Gasteiger partial charge is 0.378 e. The number of hydrogen-bond acceptors (Lipinski definition) is 4. The fraction of sp³-hybridized carbons (Fsp3) is 0.231. The molecule has 0 amide bonds. The first-order valence-electron chi connectivity index (χ1n) is 5.81. The molecule has 0 saturated carbocycles. The average Bonchev–Trinajstić information content (AvgIpc) is 2.90. The molecule has 92 valence electrons. The van der Waals surface area contributed by atoms with Crippen LogP contribution >= 0.6 is 11.3 Å². The van der Waals surface area contributed by atoms with E-state index in [2.05, 4.69) is 38.2 Å². The monoisotopic (exact) mass is 258 g/mol. The molecule has 4 nitrogen and oxygen atoms in total. The van der Waals surface area contributed by atoms with Crippen LogP contribution in [0.3, 0.4) is 0 Å². The summed E-state index contributed by atoms with van der Waals surface area (Å²) in [5.74, 6) is 0. The van der Waals surface area contributed by atoms with E-state index < -0.39 is 0 Å². The Balaban J connectivity index is 1.87. The van der Waals surface area contributed by atoms with Gasteiger partial charge in [-0.05, 0) is 25.5 Å². The maximum absolute atomic E-state index is 4.53. The second kappa shape index (κ2) is 4.42. The number of thiazole rings is 1. The molecule has 0 fully saturated rings. The predicted molar refractivity (Wildman–Crippen MR) is 74.1 cm³/mol. The smallest absolute Gasteiger partial charge is 0.194 e. The Morgan fingerprint density at radius 2 is 2.28 bits per heavy atom. The summed E-state index contributed by atoms with van der Waals surface area (Å²) in [4.78, 5) is 9.72. The number of nitrogens with zero attached hydrogens (tertiary/aromatic N) is 3. The minimum Gasteiger partial charge on any atom is -0.378 e. The summed E-state index contributed by atoms with van der Waals surface area (Å²) < 4.78 is 2.14. The molecule has 0 radical (unpaired) electrons. The normalized spacial score (nSPS) is 11.0. The van der Waals surface area contributed by atoms with E-state index in [1.165, 1.54) is 11.3 Å². The van der Waals surface area contributed by atoms with Gasteiger partial charge in [0.25, 0.3) is 0 Å². The third kappa shape index (κ3) is 1.86. The first-order chi connectivity index (χ1) is 8.75. The molecular weight excluding hydrogens is 244 g/mol. The van der Waals surface area contributed by atoms with E-state index in [0.717, 1.165) is 22.9 Å². The van der Waals surface area contributed by atoms with E-state index in [4.69, 9.17) is 0 Å². The van der Waals surface area contributed by atoms with Crippen molar-refractivity contribution in [3.8, 4) is 0 Å². The fourth-order valence-corrected chi connectivity index (χ4v) is 2.76. The summed E-state index contributed by atoms with van der Waals surface area (Å²) >= 11 is 1.66. The molecule has 0 aliphatic heterocycles. The van der Waals surface area contributed by atoms with Crippen LogP contribution in [0, 0.1) is 13.8 Å². The van der Waals surface area contributed by atoms with Gasteiger partial charge in [0.2, 0.25) is 0 Å². The molecule has 0 aliphatic rings. The quantitative estimate of drug-likeness (QED) is 0.785. The number of aryl methyl sites for hydroxylation is 2. The van der Waals surface area contributed by atoms with Crippen molar-refractivity contribution in [3.05, 3.63) is 47.0 Å². The first-order valence-corrected chi connectivity index (χ1v) is 6.69. The number of rotatable bonds is 3. The van der Waals surface area contributed by atoms with E-state index >= 15 is 0 Å². The molecule has 0 saturated heterocycles. The van der Waals surface area contributed by atoms with Gasteiger partial charge in [0.05, 0.1) is 29.8 Å². The predicted octanol–water partition coefficient (Wildman–Crippen LogP) is 3.02. The highest BCUT2D eigenvalue weighted by atomic mass is 32.1. The zero-order valence-electron chi connectivity index (χ0n) is 10.3. The topological polar surface area (TPSA) is 42.2 Å². The number of nitrogens with one attached hydrogen (secondary N) is 1. The first kappa shape index (κ1) is 11.2. The number of pyridine rings is 1. The highest BCUT2D eigenvalue weighted by Crippen LogP contribution is 2.19. The second-order valence-corrected chi connectivity index (χ2v) is 5.12. The van der Waals surface area contributed by atoms with E-state index in [-0.39, 0.29) is 0 Å². The van der Waals surface area contributed by atoms with Crippen LogP contribution in [0.15, 0.2) is 30.0 Å². The molecule has 0 unspecified atom stereocenters. The second-order valence-electron chi connectivity index (χ2n) is 4.24. The Morgan fingerprint density at radius 1 is 1.39 bits per heavy atom. The molecule has 0 spiro atoms. The molecule has 5 heteroatoms. The van der Waals surface area contributed by atoms with Crippen molar-refractivity contribution < 1.29 is 0 Å². The van der Waals surface area contributed by atoms with E-state index in [1.807, 2.05) is 25.4 Å². The lowest BCUT2D eigenvalue weighted by molar-refractivity contribution is 0.989. The summed E-state index contributed by atoms with van der Waals surface area (Å²) in [7, 11) is 0. The Bertz CT molecular complexity index is 683. The van der Waals surface area contributed by atoms with Gasteiger partial charge in [-0.2, -0.15) is 0 Å². The molecule has 3 aromatic heterocycles. The minimum absolute atomic E-state index is 0.760. The van der Waals surface area contributed by atoms with Crippen LogP contribution in [0.4, 0.5) is 5.69 Å². The maximum atomic E-state index is 4.53. The zero-order valence-corrected chi connectivity index (χ0v) is 11.2. The van der Waals surface area contributed by atoms with Gasteiger partial charge in [-0.25, -0.2) is 4.98 Å². The van der Waals surface area contributed by atoms with Crippen molar-refractivity contribution in [1.29, 1.82) is 0 Å². The molecule has 0 aromatic carbocycles. The van der Waals surface area contributed by atoms with Crippen LogP contribution in [-0.4, -0.2) is 14.4 Å². The van der Waals surface area contributed by atoms with Gasteiger partial charge in [-0.15, -0.1) is 11.3 Å². The molecule has 3 aromatic rings. The van der Waals surface area contributed by atoms with E-state index in [1.54, 1.807) is 11.3 Å². The van der Waals surface area contributed by atoms with Crippen LogP contribution in [0.5, 0.6) is 0 Å². The molecule has 0 bridgehead atoms. The fourth-order valence-electron chi connectivity index (χ4n) is 1.98. The lowest BCUT2D eigenvalue weighted by Crippen LogP contribution is -2.04. The molecule has 1 N–H and O–H groups in total. The SMILES string of the molecule is Cc1ccncc1NCc1c(C)nc2sccn12. The van der Waals surface area contributed by atoms with Crippen LogP contribution in [0.2, 0.25) is 0 Å². The summed E-state index contributed by atoms with van der Waals surface area (Å²) in [6.07, 6.45) is 5.73. The Morgan fingerprint density at radius 3 is 3.11 bits per heavy atom. The van der Waals surface area contributed by atoms with Crippen molar-refractivity contribution in [1.82, 2.24) is 14.4 Å². The van der Waals surface area contributed by atoms with Crippen molar-refractivity contribution >= 4 is 22.0 Å². The molecule has 0 aliphatic carbocycles. The summed E-state index contributed by atoms with van der Waals surface area (Å²) in [6, 6.07) is 2.01. The Hall–Kier alpha value is -1.88. The number of imidazole rings is 1. The minimum atomic E-state index is 0.760. The standard InChI is InChI=1S/C13H14N4S/c1-9-3-4-14-7-11(9)15-8-12-10(2)16-13-17(12)5-6-18-13/h3-7,15H,8H2,1-2H3. The van der Waals surface area contributed by atoms with Crippen LogP contribution < -0.4 is 5.32 Å². The lowest BCUT2D eigenvalue weighted by Gasteiger charge is -2.08. The Kier molecular flexibility index (Phi) is 2.76. The van der Waals surface area contributed by atoms with E-state index in [9.17, 15) is 0 Å². The molecule has 3 heterocycles. The van der Waals surface area contributed by atoms with Gasteiger partial charge < -0.3 is 5.32 Å². The van der Waals surface area contributed by atoms with Crippen LogP contribution in [0.1, 0.15) is 17.0 Å². The third-order valence-electron chi connectivity index (χ3n) is 3.05.